The zero-order valence-corrected chi connectivity index (χ0v) is 10.8. The third-order valence-corrected chi connectivity index (χ3v) is 3.15. The molecule has 0 spiro atoms. The van der Waals surface area contributed by atoms with Crippen molar-refractivity contribution in [1.29, 1.82) is 0 Å². The van der Waals surface area contributed by atoms with Crippen LogP contribution in [0.5, 0.6) is 5.75 Å². The van der Waals surface area contributed by atoms with Gasteiger partial charge in [-0.05, 0) is 49.8 Å². The summed E-state index contributed by atoms with van der Waals surface area (Å²) in [6.45, 7) is 3.00. The minimum Gasteiger partial charge on any atom is -0.483 e. The van der Waals surface area contributed by atoms with E-state index in [-0.39, 0.29) is 0 Å². The van der Waals surface area contributed by atoms with Gasteiger partial charge in [-0.2, -0.15) is 0 Å². The number of allylic oxidation sites excluding steroid dienone is 2. The van der Waals surface area contributed by atoms with Gasteiger partial charge in [0.15, 0.2) is 11.8 Å². The van der Waals surface area contributed by atoms with E-state index in [9.17, 15) is 8.78 Å². The van der Waals surface area contributed by atoms with Crippen LogP contribution in [-0.4, -0.2) is 11.8 Å². The maximum atomic E-state index is 14.2. The van der Waals surface area contributed by atoms with Gasteiger partial charge in [-0.15, -0.1) is 0 Å². The molecule has 0 bridgehead atoms. The molecule has 3 N–H and O–H groups in total. The molecule has 0 radical (unpaired) electrons. The normalized spacial score (nSPS) is 25.9. The first kappa shape index (κ1) is 13.5. The van der Waals surface area contributed by atoms with E-state index >= 15 is 0 Å². The molecule has 0 aliphatic heterocycles. The molecule has 0 aromatic heterocycles. The van der Waals surface area contributed by atoms with Gasteiger partial charge in [0.25, 0.3) is 0 Å². The molecule has 0 amide bonds. The number of ether oxygens (including phenoxy) is 1. The van der Waals surface area contributed by atoms with Gasteiger partial charge >= 0.3 is 0 Å². The van der Waals surface area contributed by atoms with Crippen LogP contribution in [-0.2, 0) is 0 Å². The molecule has 0 fully saturated rings. The molecule has 2 unspecified atom stereocenters. The molecule has 1 aliphatic carbocycles. The van der Waals surface area contributed by atoms with E-state index in [1.165, 1.54) is 12.2 Å². The Morgan fingerprint density at radius 3 is 2.79 bits per heavy atom. The number of nitrogen functional groups attached to an aromatic ring is 1. The number of halogens is 2. The molecule has 2 rings (SSSR count). The van der Waals surface area contributed by atoms with Crippen molar-refractivity contribution in [1.82, 2.24) is 0 Å². The summed E-state index contributed by atoms with van der Waals surface area (Å²) >= 11 is 0. The van der Waals surface area contributed by atoms with Gasteiger partial charge in [0, 0.05) is 0 Å². The van der Waals surface area contributed by atoms with E-state index in [1.807, 2.05) is 6.92 Å². The van der Waals surface area contributed by atoms with Crippen LogP contribution < -0.4 is 16.0 Å². The molecule has 1 aromatic rings. The molecular formula is C14H16F2N2O. The summed E-state index contributed by atoms with van der Waals surface area (Å²) < 4.78 is 33.2. The number of hydrogen-bond acceptors (Lipinski definition) is 3. The summed E-state index contributed by atoms with van der Waals surface area (Å²) in [6.07, 6.45) is 3.05. The summed E-state index contributed by atoms with van der Waals surface area (Å²) in [5.41, 5.74) is 1.99. The lowest BCUT2D eigenvalue weighted by Crippen LogP contribution is -2.40. The Morgan fingerprint density at radius 2 is 2.16 bits per heavy atom. The van der Waals surface area contributed by atoms with Crippen molar-refractivity contribution < 1.29 is 13.5 Å². The van der Waals surface area contributed by atoms with Crippen molar-refractivity contribution in [3.8, 4) is 5.75 Å². The van der Waals surface area contributed by atoms with E-state index in [2.05, 4.69) is 5.43 Å². The smallest absolute Gasteiger partial charge is 0.199 e. The van der Waals surface area contributed by atoms with E-state index in [1.54, 1.807) is 18.2 Å². The first-order valence-corrected chi connectivity index (χ1v) is 5.92. The molecular weight excluding hydrogens is 250 g/mol. The van der Waals surface area contributed by atoms with E-state index in [0.29, 0.717) is 5.75 Å². The summed E-state index contributed by atoms with van der Waals surface area (Å²) in [5, 5.41) is 0. The maximum Gasteiger partial charge on any atom is 0.199 e. The largest absolute Gasteiger partial charge is 0.483 e. The Balaban J connectivity index is 2.20. The quantitative estimate of drug-likeness (QED) is 0.652. The Kier molecular flexibility index (Phi) is 3.57. The Labute approximate surface area is 110 Å². The molecule has 102 valence electrons. The van der Waals surface area contributed by atoms with Crippen molar-refractivity contribution in [2.24, 2.45) is 5.84 Å². The molecule has 1 aromatic carbocycles. The third-order valence-electron chi connectivity index (χ3n) is 3.15. The Hall–Kier alpha value is -1.88. The van der Waals surface area contributed by atoms with Crippen LogP contribution >= 0.6 is 0 Å². The topological polar surface area (TPSA) is 47.3 Å². The number of hydrogen-bond donors (Lipinski definition) is 2. The number of anilines is 1. The number of nitrogens with two attached hydrogens (primary N) is 1. The molecule has 0 saturated carbocycles. The van der Waals surface area contributed by atoms with Crippen molar-refractivity contribution in [3.05, 3.63) is 47.8 Å². The van der Waals surface area contributed by atoms with Crippen LogP contribution in [0.1, 0.15) is 12.5 Å². The first-order chi connectivity index (χ1) is 8.95. The summed E-state index contributed by atoms with van der Waals surface area (Å²) in [5.74, 6) is 4.95. The molecule has 3 nitrogen and oxygen atoms in total. The Bertz CT molecular complexity index is 538. The van der Waals surface area contributed by atoms with Crippen molar-refractivity contribution in [3.63, 3.8) is 0 Å². The van der Waals surface area contributed by atoms with Crippen molar-refractivity contribution in [2.45, 2.75) is 25.6 Å². The fourth-order valence-electron chi connectivity index (χ4n) is 1.89. The van der Waals surface area contributed by atoms with Gasteiger partial charge < -0.3 is 10.2 Å². The van der Waals surface area contributed by atoms with Crippen LogP contribution in [0.25, 0.3) is 0 Å². The van der Waals surface area contributed by atoms with E-state index in [4.69, 9.17) is 10.6 Å². The van der Waals surface area contributed by atoms with Gasteiger partial charge in [0.2, 0.25) is 0 Å². The molecule has 0 heterocycles. The fourth-order valence-corrected chi connectivity index (χ4v) is 1.89. The van der Waals surface area contributed by atoms with E-state index in [0.717, 1.165) is 24.3 Å². The molecule has 2 atom stereocenters. The zero-order valence-electron chi connectivity index (χ0n) is 10.8. The fraction of sp³-hybridized carbons (Fsp3) is 0.286. The van der Waals surface area contributed by atoms with Crippen LogP contribution in [0.4, 0.5) is 14.5 Å². The molecule has 0 saturated heterocycles. The second kappa shape index (κ2) is 5.01. The zero-order chi connectivity index (χ0) is 14.0. The highest BCUT2D eigenvalue weighted by molar-refractivity contribution is 5.52. The van der Waals surface area contributed by atoms with Gasteiger partial charge in [-0.1, -0.05) is 6.08 Å². The number of benzene rings is 1. The average molecular weight is 266 g/mol. The lowest BCUT2D eigenvalue weighted by molar-refractivity contribution is 0.0617. The molecule has 1 aliphatic rings. The van der Waals surface area contributed by atoms with Crippen LogP contribution in [0.15, 0.2) is 42.3 Å². The monoisotopic (exact) mass is 266 g/mol. The third kappa shape index (κ3) is 2.61. The highest BCUT2D eigenvalue weighted by atomic mass is 19.2. The average Bonchev–Trinajstić information content (AvgIpc) is 2.36. The minimum atomic E-state index is -2.16. The molecule has 19 heavy (non-hydrogen) atoms. The van der Waals surface area contributed by atoms with Crippen LogP contribution in [0.2, 0.25) is 0 Å². The SMILES string of the molecule is Cc1cc(OC2C=CC=C(F)C2(C)F)ccc1NN. The number of nitrogens with one attached hydrogen (secondary N) is 1. The predicted octanol–water partition coefficient (Wildman–Crippen LogP) is 3.18. The van der Waals surface area contributed by atoms with Gasteiger partial charge in [-0.25, -0.2) is 8.78 Å². The lowest BCUT2D eigenvalue weighted by atomic mass is 9.95. The minimum absolute atomic E-state index is 0.463. The molecule has 5 heteroatoms. The number of rotatable bonds is 3. The van der Waals surface area contributed by atoms with Crippen LogP contribution in [0, 0.1) is 6.92 Å². The van der Waals surface area contributed by atoms with Gasteiger partial charge in [0.05, 0.1) is 5.69 Å². The standard InChI is InChI=1S/C14H16F2N2O/c1-9-8-10(6-7-11(9)18-17)19-13-5-3-4-12(15)14(13,2)16/h3-8,13,18H,17H2,1-2H3. The highest BCUT2D eigenvalue weighted by Crippen LogP contribution is 2.34. The van der Waals surface area contributed by atoms with Crippen molar-refractivity contribution in [2.75, 3.05) is 5.43 Å². The highest BCUT2D eigenvalue weighted by Gasteiger charge is 2.40. The number of alkyl halides is 1. The summed E-state index contributed by atoms with van der Waals surface area (Å²) in [4.78, 5) is 0. The summed E-state index contributed by atoms with van der Waals surface area (Å²) in [7, 11) is 0. The first-order valence-electron chi connectivity index (χ1n) is 5.92. The second-order valence-electron chi connectivity index (χ2n) is 4.63. The van der Waals surface area contributed by atoms with Gasteiger partial charge in [0.1, 0.15) is 11.6 Å². The number of aryl methyl sites for hydroxylation is 1. The lowest BCUT2D eigenvalue weighted by Gasteiger charge is -2.29. The Morgan fingerprint density at radius 1 is 1.42 bits per heavy atom. The van der Waals surface area contributed by atoms with Crippen LogP contribution in [0.3, 0.4) is 0 Å². The number of hydrazine groups is 1. The van der Waals surface area contributed by atoms with E-state index < -0.39 is 17.6 Å². The predicted molar refractivity (Wildman–Crippen MR) is 71.2 cm³/mol. The maximum absolute atomic E-state index is 14.2. The van der Waals surface area contributed by atoms with Crippen molar-refractivity contribution >= 4 is 5.69 Å². The van der Waals surface area contributed by atoms with Gasteiger partial charge in [-0.3, -0.25) is 5.84 Å². The second-order valence-corrected chi connectivity index (χ2v) is 4.63. The summed E-state index contributed by atoms with van der Waals surface area (Å²) in [6, 6.07) is 5.09.